The van der Waals surface area contributed by atoms with E-state index in [9.17, 15) is 14.3 Å². The fraction of sp³-hybridized carbons (Fsp3) is 0.188. The zero-order valence-electron chi connectivity index (χ0n) is 11.7. The van der Waals surface area contributed by atoms with E-state index >= 15 is 0 Å². The Bertz CT molecular complexity index is 668. The van der Waals surface area contributed by atoms with Gasteiger partial charge in [-0.05, 0) is 54.8 Å². The summed E-state index contributed by atoms with van der Waals surface area (Å²) in [5.41, 5.74) is 2.78. The molecule has 2 N–H and O–H groups in total. The Morgan fingerprint density at radius 1 is 1.19 bits per heavy atom. The predicted octanol–water partition coefficient (Wildman–Crippen LogP) is 4.44. The van der Waals surface area contributed by atoms with Crippen LogP contribution in [-0.2, 0) is 4.79 Å². The minimum atomic E-state index is -1.03. The van der Waals surface area contributed by atoms with Gasteiger partial charge in [-0.25, -0.2) is 9.18 Å². The monoisotopic (exact) mass is 351 g/mol. The molecule has 0 radical (unpaired) electrons. The molecule has 2 aromatic rings. The van der Waals surface area contributed by atoms with Crippen molar-refractivity contribution in [2.45, 2.75) is 19.9 Å². The molecule has 0 heterocycles. The van der Waals surface area contributed by atoms with Crippen LogP contribution in [0.4, 0.5) is 10.1 Å². The molecule has 0 aliphatic carbocycles. The fourth-order valence-electron chi connectivity index (χ4n) is 2.13. The lowest BCUT2D eigenvalue weighted by Crippen LogP contribution is -2.21. The zero-order valence-corrected chi connectivity index (χ0v) is 13.2. The largest absolute Gasteiger partial charge is 0.479 e. The average Bonchev–Trinajstić information content (AvgIpc) is 2.35. The van der Waals surface area contributed by atoms with E-state index in [0.717, 1.165) is 11.1 Å². The number of carboxylic acid groups (broad SMARTS) is 1. The summed E-state index contributed by atoms with van der Waals surface area (Å²) in [5.74, 6) is -1.42. The number of halogens is 2. The van der Waals surface area contributed by atoms with Crippen molar-refractivity contribution in [2.75, 3.05) is 5.32 Å². The molecule has 21 heavy (non-hydrogen) atoms. The molecule has 0 aliphatic heterocycles. The topological polar surface area (TPSA) is 49.3 Å². The maximum Gasteiger partial charge on any atom is 0.330 e. The molecule has 0 spiro atoms. The van der Waals surface area contributed by atoms with Gasteiger partial charge in [0.1, 0.15) is 5.82 Å². The van der Waals surface area contributed by atoms with Gasteiger partial charge in [0.25, 0.3) is 0 Å². The molecule has 5 heteroatoms. The molecule has 0 bridgehead atoms. The van der Waals surface area contributed by atoms with Gasteiger partial charge in [0.2, 0.25) is 0 Å². The number of benzene rings is 2. The van der Waals surface area contributed by atoms with Crippen molar-refractivity contribution in [1.82, 2.24) is 0 Å². The molecule has 1 unspecified atom stereocenters. The maximum absolute atomic E-state index is 13.4. The quantitative estimate of drug-likeness (QED) is 0.855. The lowest BCUT2D eigenvalue weighted by Gasteiger charge is -2.18. The van der Waals surface area contributed by atoms with Crippen molar-refractivity contribution in [3.63, 3.8) is 0 Å². The molecule has 110 valence electrons. The molecular weight excluding hydrogens is 337 g/mol. The van der Waals surface area contributed by atoms with Gasteiger partial charge < -0.3 is 10.4 Å². The Morgan fingerprint density at radius 2 is 1.90 bits per heavy atom. The SMILES string of the molecule is Cc1cc(F)cc(NC(C(=O)O)c2ccc(C)cc2Br)c1. The van der Waals surface area contributed by atoms with Crippen LogP contribution in [0.1, 0.15) is 22.7 Å². The van der Waals surface area contributed by atoms with Gasteiger partial charge in [-0.3, -0.25) is 0 Å². The van der Waals surface area contributed by atoms with Crippen molar-refractivity contribution in [1.29, 1.82) is 0 Å². The van der Waals surface area contributed by atoms with Crippen LogP contribution in [0, 0.1) is 19.7 Å². The molecule has 1 atom stereocenters. The van der Waals surface area contributed by atoms with Crippen molar-refractivity contribution < 1.29 is 14.3 Å². The van der Waals surface area contributed by atoms with Crippen LogP contribution in [0.3, 0.4) is 0 Å². The lowest BCUT2D eigenvalue weighted by molar-refractivity contribution is -0.138. The number of aliphatic carboxylic acids is 1. The third-order valence-electron chi connectivity index (χ3n) is 3.07. The highest BCUT2D eigenvalue weighted by Crippen LogP contribution is 2.28. The standard InChI is InChI=1S/C16H15BrFNO2/c1-9-3-4-13(14(17)7-9)15(16(20)21)19-12-6-10(2)5-11(18)8-12/h3-8,15,19H,1-2H3,(H,20,21). The summed E-state index contributed by atoms with van der Waals surface area (Å²) in [6, 6.07) is 8.87. The summed E-state index contributed by atoms with van der Waals surface area (Å²) in [6.45, 7) is 3.68. The Balaban J connectivity index is 2.37. The van der Waals surface area contributed by atoms with E-state index in [1.807, 2.05) is 19.1 Å². The average molecular weight is 352 g/mol. The number of carboxylic acids is 1. The van der Waals surface area contributed by atoms with Gasteiger partial charge >= 0.3 is 5.97 Å². The van der Waals surface area contributed by atoms with Crippen molar-refractivity contribution in [3.8, 4) is 0 Å². The molecule has 0 fully saturated rings. The molecule has 2 rings (SSSR count). The second-order valence-corrected chi connectivity index (χ2v) is 5.81. The highest BCUT2D eigenvalue weighted by molar-refractivity contribution is 9.10. The molecule has 0 aromatic heterocycles. The van der Waals surface area contributed by atoms with Gasteiger partial charge in [0, 0.05) is 10.2 Å². The summed E-state index contributed by atoms with van der Waals surface area (Å²) in [7, 11) is 0. The van der Waals surface area contributed by atoms with Crippen LogP contribution in [0.5, 0.6) is 0 Å². The van der Waals surface area contributed by atoms with Gasteiger partial charge in [-0.1, -0.05) is 28.1 Å². The number of carbonyl (C=O) groups is 1. The third-order valence-corrected chi connectivity index (χ3v) is 3.75. The first-order valence-electron chi connectivity index (χ1n) is 6.39. The Morgan fingerprint density at radius 3 is 2.48 bits per heavy atom. The van der Waals surface area contributed by atoms with E-state index < -0.39 is 17.8 Å². The van der Waals surface area contributed by atoms with Gasteiger partial charge in [0.05, 0.1) is 0 Å². The Hall–Kier alpha value is -1.88. The molecule has 3 nitrogen and oxygen atoms in total. The van der Waals surface area contributed by atoms with Crippen LogP contribution >= 0.6 is 15.9 Å². The number of rotatable bonds is 4. The first kappa shape index (κ1) is 15.5. The first-order chi connectivity index (χ1) is 9.86. The summed E-state index contributed by atoms with van der Waals surface area (Å²) in [6.07, 6.45) is 0. The maximum atomic E-state index is 13.4. The first-order valence-corrected chi connectivity index (χ1v) is 7.18. The van der Waals surface area contributed by atoms with Crippen LogP contribution in [0.25, 0.3) is 0 Å². The summed E-state index contributed by atoms with van der Waals surface area (Å²) < 4.78 is 14.1. The third kappa shape index (κ3) is 3.82. The number of anilines is 1. The zero-order chi connectivity index (χ0) is 15.6. The van der Waals surface area contributed by atoms with Crippen LogP contribution < -0.4 is 5.32 Å². The van der Waals surface area contributed by atoms with Crippen molar-refractivity contribution >= 4 is 27.6 Å². The molecule has 0 amide bonds. The van der Waals surface area contributed by atoms with Crippen LogP contribution in [0.2, 0.25) is 0 Å². The molecule has 0 saturated heterocycles. The fourth-order valence-corrected chi connectivity index (χ4v) is 2.85. The van der Waals surface area contributed by atoms with Crippen LogP contribution in [0.15, 0.2) is 40.9 Å². The second-order valence-electron chi connectivity index (χ2n) is 4.96. The molecular formula is C16H15BrFNO2. The van der Waals surface area contributed by atoms with Gasteiger partial charge in [-0.2, -0.15) is 0 Å². The normalized spacial score (nSPS) is 12.0. The van der Waals surface area contributed by atoms with E-state index in [-0.39, 0.29) is 0 Å². The highest BCUT2D eigenvalue weighted by atomic mass is 79.9. The highest BCUT2D eigenvalue weighted by Gasteiger charge is 2.22. The van der Waals surface area contributed by atoms with Gasteiger partial charge in [-0.15, -0.1) is 0 Å². The number of aryl methyl sites for hydroxylation is 2. The summed E-state index contributed by atoms with van der Waals surface area (Å²) >= 11 is 3.38. The predicted molar refractivity (Wildman–Crippen MR) is 84.0 cm³/mol. The van der Waals surface area contributed by atoms with Crippen molar-refractivity contribution in [3.05, 3.63) is 63.4 Å². The Kier molecular flexibility index (Phi) is 4.63. The van der Waals surface area contributed by atoms with E-state index in [1.54, 1.807) is 19.1 Å². The molecule has 0 saturated carbocycles. The smallest absolute Gasteiger partial charge is 0.330 e. The second kappa shape index (κ2) is 6.26. The number of hydrogen-bond acceptors (Lipinski definition) is 2. The van der Waals surface area contributed by atoms with E-state index in [2.05, 4.69) is 21.2 Å². The number of nitrogens with one attached hydrogen (secondary N) is 1. The minimum Gasteiger partial charge on any atom is -0.479 e. The van der Waals surface area contributed by atoms with Crippen molar-refractivity contribution in [2.24, 2.45) is 0 Å². The minimum absolute atomic E-state index is 0.399. The summed E-state index contributed by atoms with van der Waals surface area (Å²) in [4.78, 5) is 11.5. The Labute approximate surface area is 130 Å². The van der Waals surface area contributed by atoms with E-state index in [4.69, 9.17) is 0 Å². The van der Waals surface area contributed by atoms with E-state index in [1.165, 1.54) is 12.1 Å². The molecule has 2 aromatic carbocycles. The lowest BCUT2D eigenvalue weighted by atomic mass is 10.0. The number of hydrogen-bond donors (Lipinski definition) is 2. The van der Waals surface area contributed by atoms with Gasteiger partial charge in [0.15, 0.2) is 6.04 Å². The molecule has 0 aliphatic rings. The van der Waals surface area contributed by atoms with Crippen LogP contribution in [-0.4, -0.2) is 11.1 Å². The summed E-state index contributed by atoms with van der Waals surface area (Å²) in [5, 5.41) is 12.3. The van der Waals surface area contributed by atoms with E-state index in [0.29, 0.717) is 15.7 Å².